The van der Waals surface area contributed by atoms with Gasteiger partial charge in [0.05, 0.1) is 24.8 Å². The van der Waals surface area contributed by atoms with Crippen LogP contribution in [-0.4, -0.2) is 41.3 Å². The second-order valence-corrected chi connectivity index (χ2v) is 9.50. The standard InChI is InChI=1S/C23H23FN2O5S2/c1-30-21-12-11-18(14-22(21)31-2)33(28,29)26(20-10-5-4-9-19(20)24)15-23(27)25-16-7-6-8-17(13-16)32-3/h4-14H,15H2,1-3H3,(H,25,27). The second-order valence-electron chi connectivity index (χ2n) is 6.76. The van der Waals surface area contributed by atoms with Gasteiger partial charge in [-0.15, -0.1) is 11.8 Å². The third-order valence-electron chi connectivity index (χ3n) is 4.70. The van der Waals surface area contributed by atoms with E-state index in [1.54, 1.807) is 18.2 Å². The van der Waals surface area contributed by atoms with Crippen molar-refractivity contribution in [3.63, 3.8) is 0 Å². The molecule has 7 nitrogen and oxygen atoms in total. The fraction of sp³-hybridized carbons (Fsp3) is 0.174. The van der Waals surface area contributed by atoms with Crippen LogP contribution in [0.4, 0.5) is 15.8 Å². The Morgan fingerprint density at radius 3 is 2.39 bits per heavy atom. The average molecular weight is 491 g/mol. The van der Waals surface area contributed by atoms with Crippen LogP contribution in [-0.2, 0) is 14.8 Å². The molecule has 0 bridgehead atoms. The molecular formula is C23H23FN2O5S2. The topological polar surface area (TPSA) is 84.9 Å². The highest BCUT2D eigenvalue weighted by Crippen LogP contribution is 2.33. The van der Waals surface area contributed by atoms with Crippen molar-refractivity contribution in [1.82, 2.24) is 0 Å². The van der Waals surface area contributed by atoms with Crippen LogP contribution in [0.3, 0.4) is 0 Å². The third kappa shape index (κ3) is 5.58. The largest absolute Gasteiger partial charge is 0.493 e. The molecule has 0 radical (unpaired) electrons. The van der Waals surface area contributed by atoms with Crippen molar-refractivity contribution in [3.8, 4) is 11.5 Å². The molecule has 0 unspecified atom stereocenters. The molecule has 0 atom stereocenters. The van der Waals surface area contributed by atoms with E-state index in [9.17, 15) is 17.6 Å². The lowest BCUT2D eigenvalue weighted by molar-refractivity contribution is -0.114. The number of nitrogens with zero attached hydrogens (tertiary/aromatic N) is 1. The first-order valence-electron chi connectivity index (χ1n) is 9.73. The van der Waals surface area contributed by atoms with E-state index in [1.807, 2.05) is 12.3 Å². The number of thioether (sulfide) groups is 1. The Hall–Kier alpha value is -3.24. The van der Waals surface area contributed by atoms with Crippen molar-refractivity contribution >= 4 is 39.1 Å². The number of methoxy groups -OCH3 is 2. The quantitative estimate of drug-likeness (QED) is 0.448. The SMILES string of the molecule is COc1ccc(S(=O)(=O)N(CC(=O)Nc2cccc(SC)c2)c2ccccc2F)cc1OC. The molecule has 0 saturated carbocycles. The van der Waals surface area contributed by atoms with E-state index in [0.717, 1.165) is 15.3 Å². The van der Waals surface area contributed by atoms with Gasteiger partial charge >= 0.3 is 0 Å². The van der Waals surface area contributed by atoms with Crippen molar-refractivity contribution in [2.24, 2.45) is 0 Å². The molecule has 0 aliphatic carbocycles. The minimum Gasteiger partial charge on any atom is -0.493 e. The zero-order valence-electron chi connectivity index (χ0n) is 18.2. The molecule has 10 heteroatoms. The fourth-order valence-electron chi connectivity index (χ4n) is 3.09. The van der Waals surface area contributed by atoms with Crippen LogP contribution in [0.2, 0.25) is 0 Å². The van der Waals surface area contributed by atoms with Gasteiger partial charge in [0.25, 0.3) is 10.0 Å². The Balaban J connectivity index is 1.99. The smallest absolute Gasteiger partial charge is 0.265 e. The highest BCUT2D eigenvalue weighted by Gasteiger charge is 2.30. The molecule has 3 aromatic rings. The molecule has 0 spiro atoms. The number of halogens is 1. The molecule has 0 aliphatic rings. The minimum atomic E-state index is -4.34. The van der Waals surface area contributed by atoms with Gasteiger partial charge in [0, 0.05) is 16.6 Å². The predicted octanol–water partition coefficient (Wildman–Crippen LogP) is 4.40. The van der Waals surface area contributed by atoms with Crippen LogP contribution in [0.5, 0.6) is 11.5 Å². The lowest BCUT2D eigenvalue weighted by Crippen LogP contribution is -2.38. The number of nitrogens with one attached hydrogen (secondary N) is 1. The monoisotopic (exact) mass is 490 g/mol. The summed E-state index contributed by atoms with van der Waals surface area (Å²) < 4.78 is 52.8. The van der Waals surface area contributed by atoms with Gasteiger partial charge < -0.3 is 14.8 Å². The molecule has 0 fully saturated rings. The van der Waals surface area contributed by atoms with E-state index in [4.69, 9.17) is 9.47 Å². The molecule has 0 aliphatic heterocycles. The van der Waals surface area contributed by atoms with Gasteiger partial charge in [-0.25, -0.2) is 12.8 Å². The number of carbonyl (C=O) groups excluding carboxylic acids is 1. The van der Waals surface area contributed by atoms with Gasteiger partial charge in [0.15, 0.2) is 11.5 Å². The number of ether oxygens (including phenoxy) is 2. The van der Waals surface area contributed by atoms with Crippen LogP contribution in [0.1, 0.15) is 0 Å². The zero-order chi connectivity index (χ0) is 24.0. The Labute approximate surface area is 196 Å². The number of sulfonamides is 1. The third-order valence-corrected chi connectivity index (χ3v) is 7.19. The summed E-state index contributed by atoms with van der Waals surface area (Å²) in [7, 11) is -1.54. The fourth-order valence-corrected chi connectivity index (χ4v) is 4.99. The van der Waals surface area contributed by atoms with E-state index in [1.165, 1.54) is 62.4 Å². The first kappa shape index (κ1) is 24.4. The lowest BCUT2D eigenvalue weighted by Gasteiger charge is -2.25. The highest BCUT2D eigenvalue weighted by atomic mass is 32.2. The predicted molar refractivity (Wildman–Crippen MR) is 127 cm³/mol. The summed E-state index contributed by atoms with van der Waals surface area (Å²) in [5.74, 6) is -0.884. The summed E-state index contributed by atoms with van der Waals surface area (Å²) in [6.07, 6.45) is 1.90. The van der Waals surface area contributed by atoms with Crippen molar-refractivity contribution in [1.29, 1.82) is 0 Å². The summed E-state index contributed by atoms with van der Waals surface area (Å²) >= 11 is 1.50. The van der Waals surface area contributed by atoms with Crippen LogP contribution in [0, 0.1) is 5.82 Å². The van der Waals surface area contributed by atoms with Crippen LogP contribution in [0.15, 0.2) is 76.5 Å². The first-order chi connectivity index (χ1) is 15.8. The number of para-hydroxylation sites is 1. The summed E-state index contributed by atoms with van der Waals surface area (Å²) in [5, 5.41) is 2.68. The molecule has 1 N–H and O–H groups in total. The zero-order valence-corrected chi connectivity index (χ0v) is 19.9. The van der Waals surface area contributed by atoms with E-state index < -0.39 is 28.3 Å². The maximum absolute atomic E-state index is 14.6. The highest BCUT2D eigenvalue weighted by molar-refractivity contribution is 7.98. The first-order valence-corrected chi connectivity index (χ1v) is 12.4. The summed E-state index contributed by atoms with van der Waals surface area (Å²) in [4.78, 5) is 13.6. The Morgan fingerprint density at radius 2 is 1.73 bits per heavy atom. The van der Waals surface area contributed by atoms with E-state index >= 15 is 0 Å². The molecule has 0 heterocycles. The van der Waals surface area contributed by atoms with Crippen molar-refractivity contribution in [2.75, 3.05) is 36.6 Å². The summed E-state index contributed by atoms with van der Waals surface area (Å²) in [6, 6.07) is 16.5. The Bertz CT molecular complexity index is 1250. The number of amides is 1. The summed E-state index contributed by atoms with van der Waals surface area (Å²) in [6.45, 7) is -0.638. The molecule has 174 valence electrons. The number of benzene rings is 3. The molecule has 1 amide bonds. The van der Waals surface area contributed by atoms with Crippen molar-refractivity contribution < 1.29 is 27.1 Å². The number of anilines is 2. The molecular weight excluding hydrogens is 467 g/mol. The maximum Gasteiger partial charge on any atom is 0.265 e. The Morgan fingerprint density at radius 1 is 1.00 bits per heavy atom. The number of rotatable bonds is 9. The van der Waals surface area contributed by atoms with Gasteiger partial charge in [0.1, 0.15) is 12.4 Å². The molecule has 0 saturated heterocycles. The van der Waals surface area contributed by atoms with Gasteiger partial charge in [-0.2, -0.15) is 0 Å². The Kier molecular flexibility index (Phi) is 7.83. The van der Waals surface area contributed by atoms with Gasteiger partial charge in [-0.1, -0.05) is 18.2 Å². The second kappa shape index (κ2) is 10.6. The molecule has 3 aromatic carbocycles. The van der Waals surface area contributed by atoms with E-state index in [2.05, 4.69) is 5.32 Å². The van der Waals surface area contributed by atoms with Crippen LogP contribution < -0.4 is 19.1 Å². The molecule has 0 aromatic heterocycles. The van der Waals surface area contributed by atoms with Crippen molar-refractivity contribution in [2.45, 2.75) is 9.79 Å². The van der Waals surface area contributed by atoms with Gasteiger partial charge in [0.2, 0.25) is 5.91 Å². The van der Waals surface area contributed by atoms with Crippen LogP contribution >= 0.6 is 11.8 Å². The molecule has 33 heavy (non-hydrogen) atoms. The van der Waals surface area contributed by atoms with E-state index in [-0.39, 0.29) is 16.3 Å². The maximum atomic E-state index is 14.6. The van der Waals surface area contributed by atoms with Gasteiger partial charge in [-0.05, 0) is 48.7 Å². The number of carbonyl (C=O) groups is 1. The summed E-state index contributed by atoms with van der Waals surface area (Å²) in [5.41, 5.74) is 0.254. The minimum absolute atomic E-state index is 0.180. The normalized spacial score (nSPS) is 11.0. The van der Waals surface area contributed by atoms with E-state index in [0.29, 0.717) is 11.4 Å². The van der Waals surface area contributed by atoms with Gasteiger partial charge in [-0.3, -0.25) is 9.10 Å². The lowest BCUT2D eigenvalue weighted by atomic mass is 10.3. The number of hydrogen-bond acceptors (Lipinski definition) is 6. The average Bonchev–Trinajstić information content (AvgIpc) is 2.82. The van der Waals surface area contributed by atoms with Crippen molar-refractivity contribution in [3.05, 3.63) is 72.5 Å². The molecule has 3 rings (SSSR count). The van der Waals surface area contributed by atoms with Crippen LogP contribution in [0.25, 0.3) is 0 Å². The number of hydrogen-bond donors (Lipinski definition) is 1.